The number of carbonyl (C=O) groups is 1. The van der Waals surface area contributed by atoms with E-state index in [4.69, 9.17) is 0 Å². The monoisotopic (exact) mass is 264 g/mol. The summed E-state index contributed by atoms with van der Waals surface area (Å²) in [6.45, 7) is 0. The molecule has 98 valence electrons. The summed E-state index contributed by atoms with van der Waals surface area (Å²) in [4.78, 5) is 20.3. The molecule has 0 aliphatic heterocycles. The van der Waals surface area contributed by atoms with Crippen molar-refractivity contribution >= 4 is 22.6 Å². The van der Waals surface area contributed by atoms with Gasteiger partial charge in [-0.25, -0.2) is 9.97 Å². The Morgan fingerprint density at radius 1 is 1.00 bits per heavy atom. The first kappa shape index (κ1) is 12.1. The number of amides is 1. The van der Waals surface area contributed by atoms with Crippen molar-refractivity contribution in [2.45, 2.75) is 0 Å². The number of nitrogens with zero attached hydrogens (tertiary/aromatic N) is 2. The molecule has 0 spiro atoms. The lowest BCUT2D eigenvalue weighted by molar-refractivity contribution is 0.0962. The van der Waals surface area contributed by atoms with Crippen LogP contribution in [0.15, 0.2) is 60.9 Å². The minimum atomic E-state index is -0.243. The van der Waals surface area contributed by atoms with Gasteiger partial charge in [0.05, 0.1) is 11.3 Å². The number of aromatic nitrogens is 2. The maximum absolute atomic E-state index is 12.0. The smallest absolute Gasteiger partial charge is 0.271 e. The quantitative estimate of drug-likeness (QED) is 0.713. The number of hydrazine groups is 1. The summed E-state index contributed by atoms with van der Waals surface area (Å²) in [6, 6.07) is 14.9. The van der Waals surface area contributed by atoms with Crippen molar-refractivity contribution in [3.63, 3.8) is 0 Å². The highest BCUT2D eigenvalue weighted by Crippen LogP contribution is 2.10. The number of carbonyl (C=O) groups excluding carboxylic acids is 1. The number of benzene rings is 1. The number of pyridine rings is 2. The maximum atomic E-state index is 12.0. The van der Waals surface area contributed by atoms with Crippen LogP contribution in [0, 0.1) is 0 Å². The normalized spacial score (nSPS) is 10.2. The van der Waals surface area contributed by atoms with Crippen LogP contribution in [0.1, 0.15) is 10.4 Å². The lowest BCUT2D eigenvalue weighted by Gasteiger charge is -2.08. The molecule has 0 saturated heterocycles. The van der Waals surface area contributed by atoms with Gasteiger partial charge in [-0.3, -0.25) is 15.6 Å². The number of nitrogens with one attached hydrogen (secondary N) is 2. The van der Waals surface area contributed by atoms with E-state index in [1.807, 2.05) is 42.5 Å². The van der Waals surface area contributed by atoms with Crippen LogP contribution in [0.5, 0.6) is 0 Å². The van der Waals surface area contributed by atoms with Gasteiger partial charge in [0.2, 0.25) is 0 Å². The Hall–Kier alpha value is -2.95. The Balaban J connectivity index is 1.75. The molecule has 2 heterocycles. The van der Waals surface area contributed by atoms with E-state index in [9.17, 15) is 4.79 Å². The predicted octanol–water partition coefficient (Wildman–Crippen LogP) is 2.39. The first-order chi connectivity index (χ1) is 9.83. The number of hydrogen-bond donors (Lipinski definition) is 2. The average Bonchev–Trinajstić information content (AvgIpc) is 2.53. The molecule has 0 unspecified atom stereocenters. The molecule has 0 atom stereocenters. The zero-order valence-corrected chi connectivity index (χ0v) is 10.6. The number of fused-ring (bicyclic) bond motifs is 1. The fraction of sp³-hybridized carbons (Fsp3) is 0. The van der Waals surface area contributed by atoms with Crippen molar-refractivity contribution in [2.24, 2.45) is 0 Å². The van der Waals surface area contributed by atoms with E-state index < -0.39 is 0 Å². The standard InChI is InChI=1S/C15H12N4O/c20-15(19-18-13-6-2-1-3-7-13)12-9-11-5-4-8-16-14(11)17-10-12/h1-10,18H,(H,19,20). The molecule has 20 heavy (non-hydrogen) atoms. The highest BCUT2D eigenvalue weighted by Gasteiger charge is 2.07. The summed E-state index contributed by atoms with van der Waals surface area (Å²) < 4.78 is 0. The summed E-state index contributed by atoms with van der Waals surface area (Å²) in [5, 5.41) is 0.833. The summed E-state index contributed by atoms with van der Waals surface area (Å²) in [6.07, 6.45) is 3.18. The SMILES string of the molecule is O=C(NNc1ccccc1)c1cnc2ncccc2c1. The van der Waals surface area contributed by atoms with Crippen molar-refractivity contribution in [3.05, 3.63) is 66.5 Å². The Labute approximate surface area is 115 Å². The van der Waals surface area contributed by atoms with Gasteiger partial charge in [-0.2, -0.15) is 0 Å². The Kier molecular flexibility index (Phi) is 3.24. The molecule has 2 aromatic heterocycles. The minimum absolute atomic E-state index is 0.243. The molecule has 0 aliphatic carbocycles. The van der Waals surface area contributed by atoms with E-state index in [0.717, 1.165) is 11.1 Å². The van der Waals surface area contributed by atoms with Crippen molar-refractivity contribution in [1.29, 1.82) is 0 Å². The van der Waals surface area contributed by atoms with Crippen LogP contribution in [-0.2, 0) is 0 Å². The summed E-state index contributed by atoms with van der Waals surface area (Å²) >= 11 is 0. The third kappa shape index (κ3) is 2.56. The highest BCUT2D eigenvalue weighted by molar-refractivity contribution is 5.97. The molecule has 0 fully saturated rings. The van der Waals surface area contributed by atoms with Crippen LogP contribution < -0.4 is 10.9 Å². The second-order valence-corrected chi connectivity index (χ2v) is 4.22. The first-order valence-electron chi connectivity index (χ1n) is 6.15. The molecule has 1 amide bonds. The largest absolute Gasteiger partial charge is 0.298 e. The number of anilines is 1. The minimum Gasteiger partial charge on any atom is -0.298 e. The summed E-state index contributed by atoms with van der Waals surface area (Å²) in [7, 11) is 0. The molecule has 3 rings (SSSR count). The maximum Gasteiger partial charge on any atom is 0.271 e. The van der Waals surface area contributed by atoms with Gasteiger partial charge in [0, 0.05) is 17.8 Å². The second kappa shape index (κ2) is 5.36. The predicted molar refractivity (Wildman–Crippen MR) is 77.1 cm³/mol. The Bertz CT molecular complexity index is 743. The molecule has 0 aliphatic rings. The molecular weight excluding hydrogens is 252 g/mol. The fourth-order valence-electron chi connectivity index (χ4n) is 1.81. The van der Waals surface area contributed by atoms with E-state index in [-0.39, 0.29) is 5.91 Å². The van der Waals surface area contributed by atoms with Crippen LogP contribution in [0.25, 0.3) is 11.0 Å². The third-order valence-electron chi connectivity index (χ3n) is 2.81. The average molecular weight is 264 g/mol. The second-order valence-electron chi connectivity index (χ2n) is 4.22. The lowest BCUT2D eigenvalue weighted by Crippen LogP contribution is -2.29. The third-order valence-corrected chi connectivity index (χ3v) is 2.81. The number of hydrogen-bond acceptors (Lipinski definition) is 4. The first-order valence-corrected chi connectivity index (χ1v) is 6.15. The van der Waals surface area contributed by atoms with E-state index in [1.54, 1.807) is 12.3 Å². The van der Waals surface area contributed by atoms with Crippen LogP contribution in [-0.4, -0.2) is 15.9 Å². The Morgan fingerprint density at radius 2 is 1.85 bits per heavy atom. The van der Waals surface area contributed by atoms with Crippen molar-refractivity contribution in [1.82, 2.24) is 15.4 Å². The van der Waals surface area contributed by atoms with Gasteiger partial charge in [-0.05, 0) is 30.3 Å². The van der Waals surface area contributed by atoms with Gasteiger partial charge in [0.25, 0.3) is 5.91 Å². The molecular formula is C15H12N4O. The van der Waals surface area contributed by atoms with Crippen LogP contribution in [0.4, 0.5) is 5.69 Å². The van der Waals surface area contributed by atoms with Gasteiger partial charge in [-0.15, -0.1) is 0 Å². The molecule has 0 radical (unpaired) electrons. The van der Waals surface area contributed by atoms with Crippen LogP contribution >= 0.6 is 0 Å². The molecule has 3 aromatic rings. The van der Waals surface area contributed by atoms with Gasteiger partial charge in [-0.1, -0.05) is 18.2 Å². The molecule has 1 aromatic carbocycles. The van der Waals surface area contributed by atoms with E-state index in [2.05, 4.69) is 20.8 Å². The summed E-state index contributed by atoms with van der Waals surface area (Å²) in [5.74, 6) is -0.243. The lowest BCUT2D eigenvalue weighted by atomic mass is 10.2. The highest BCUT2D eigenvalue weighted by atomic mass is 16.2. The van der Waals surface area contributed by atoms with Crippen molar-refractivity contribution in [3.8, 4) is 0 Å². The molecule has 5 nitrogen and oxygen atoms in total. The fourth-order valence-corrected chi connectivity index (χ4v) is 1.81. The molecule has 0 bridgehead atoms. The van der Waals surface area contributed by atoms with Gasteiger partial charge >= 0.3 is 0 Å². The van der Waals surface area contributed by atoms with Crippen LogP contribution in [0.3, 0.4) is 0 Å². The van der Waals surface area contributed by atoms with Gasteiger partial charge < -0.3 is 0 Å². The van der Waals surface area contributed by atoms with E-state index in [1.165, 1.54) is 6.20 Å². The van der Waals surface area contributed by atoms with Crippen LogP contribution in [0.2, 0.25) is 0 Å². The van der Waals surface area contributed by atoms with Gasteiger partial charge in [0.1, 0.15) is 0 Å². The van der Waals surface area contributed by atoms with E-state index >= 15 is 0 Å². The molecule has 5 heteroatoms. The zero-order chi connectivity index (χ0) is 13.8. The molecule has 2 N–H and O–H groups in total. The van der Waals surface area contributed by atoms with Crippen molar-refractivity contribution < 1.29 is 4.79 Å². The summed E-state index contributed by atoms with van der Waals surface area (Å²) in [5.41, 5.74) is 7.40. The van der Waals surface area contributed by atoms with Gasteiger partial charge in [0.15, 0.2) is 5.65 Å². The zero-order valence-electron chi connectivity index (χ0n) is 10.6. The molecule has 0 saturated carbocycles. The van der Waals surface area contributed by atoms with Crippen molar-refractivity contribution in [2.75, 3.05) is 5.43 Å². The number of para-hydroxylation sites is 1. The van der Waals surface area contributed by atoms with E-state index in [0.29, 0.717) is 11.2 Å². The topological polar surface area (TPSA) is 66.9 Å². The Morgan fingerprint density at radius 3 is 2.70 bits per heavy atom. The number of rotatable bonds is 3.